The fourth-order valence-electron chi connectivity index (χ4n) is 3.97. The Bertz CT molecular complexity index is 1270. The van der Waals surface area contributed by atoms with Crippen molar-refractivity contribution >= 4 is 50.9 Å². The maximum Gasteiger partial charge on any atom is 0.269 e. The van der Waals surface area contributed by atoms with Gasteiger partial charge < -0.3 is 10.2 Å². The topological polar surface area (TPSA) is 104 Å². The van der Waals surface area contributed by atoms with Gasteiger partial charge in [0.25, 0.3) is 15.9 Å². The van der Waals surface area contributed by atoms with Gasteiger partial charge in [-0.3, -0.25) is 14.4 Å². The fourth-order valence-corrected chi connectivity index (χ4v) is 6.01. The van der Waals surface area contributed by atoms with Crippen LogP contribution < -0.4 is 5.32 Å². The Morgan fingerprint density at radius 1 is 1.11 bits per heavy atom. The molecule has 3 rings (SSSR count). The number of nitrogens with one attached hydrogen (secondary N) is 1. The molecule has 1 aliphatic rings. The molecule has 2 aromatic rings. The summed E-state index contributed by atoms with van der Waals surface area (Å²) >= 11 is 12.3. The van der Waals surface area contributed by atoms with E-state index in [1.54, 1.807) is 31.2 Å². The number of carbonyl (C=O) groups excluding carboxylic acids is 3. The number of halogens is 2. The number of hydrogen-bond donors (Lipinski definition) is 1. The molecular formula is C25H29Cl2N3O5S. The number of amides is 3. The van der Waals surface area contributed by atoms with Crippen LogP contribution >= 0.6 is 23.2 Å². The van der Waals surface area contributed by atoms with E-state index in [0.29, 0.717) is 32.9 Å². The van der Waals surface area contributed by atoms with Crippen LogP contribution in [0, 0.1) is 5.92 Å². The molecule has 0 saturated heterocycles. The maximum atomic E-state index is 13.5. The zero-order valence-corrected chi connectivity index (χ0v) is 22.7. The van der Waals surface area contributed by atoms with E-state index in [1.165, 1.54) is 23.1 Å². The smallest absolute Gasteiger partial charge is 0.269 e. The van der Waals surface area contributed by atoms with Crippen molar-refractivity contribution in [3.05, 3.63) is 63.6 Å². The van der Waals surface area contributed by atoms with E-state index in [-0.39, 0.29) is 41.8 Å². The van der Waals surface area contributed by atoms with Gasteiger partial charge in [-0.2, -0.15) is 0 Å². The second-order valence-electron chi connectivity index (χ2n) is 8.95. The first-order valence-electron chi connectivity index (χ1n) is 11.6. The quantitative estimate of drug-likeness (QED) is 0.476. The third-order valence-corrected chi connectivity index (χ3v) is 8.29. The predicted molar refractivity (Wildman–Crippen MR) is 138 cm³/mol. The summed E-state index contributed by atoms with van der Waals surface area (Å²) in [4.78, 5) is 40.5. The van der Waals surface area contributed by atoms with Gasteiger partial charge in [0.2, 0.25) is 11.8 Å². The maximum absolute atomic E-state index is 13.5. The van der Waals surface area contributed by atoms with E-state index < -0.39 is 27.9 Å². The lowest BCUT2D eigenvalue weighted by molar-refractivity contribution is -0.141. The molecule has 0 bridgehead atoms. The molecule has 1 N–H and O–H groups in total. The fraction of sp³-hybridized carbons (Fsp3) is 0.400. The molecule has 8 nitrogen and oxygen atoms in total. The normalized spacial score (nSPS) is 15.1. The Morgan fingerprint density at radius 3 is 2.42 bits per heavy atom. The van der Waals surface area contributed by atoms with Crippen molar-refractivity contribution in [1.82, 2.24) is 14.5 Å². The lowest BCUT2D eigenvalue weighted by atomic mass is 10.1. The van der Waals surface area contributed by atoms with Gasteiger partial charge in [0, 0.05) is 36.1 Å². The lowest BCUT2D eigenvalue weighted by Gasteiger charge is -2.31. The molecule has 1 unspecified atom stereocenters. The average molecular weight is 554 g/mol. The van der Waals surface area contributed by atoms with Crippen LogP contribution in [-0.2, 0) is 26.2 Å². The molecule has 36 heavy (non-hydrogen) atoms. The van der Waals surface area contributed by atoms with Gasteiger partial charge in [0.15, 0.2) is 0 Å². The van der Waals surface area contributed by atoms with E-state index in [4.69, 9.17) is 23.2 Å². The molecular weight excluding hydrogens is 525 g/mol. The van der Waals surface area contributed by atoms with Crippen molar-refractivity contribution in [2.24, 2.45) is 5.92 Å². The summed E-state index contributed by atoms with van der Waals surface area (Å²) in [5.74, 6) is -1.25. The highest BCUT2D eigenvalue weighted by molar-refractivity contribution is 7.90. The van der Waals surface area contributed by atoms with Crippen LogP contribution in [0.1, 0.15) is 49.5 Å². The first-order valence-corrected chi connectivity index (χ1v) is 13.8. The Balaban J connectivity index is 1.85. The van der Waals surface area contributed by atoms with Crippen LogP contribution in [0.2, 0.25) is 10.0 Å². The number of nitrogens with zero attached hydrogens (tertiary/aromatic N) is 2. The summed E-state index contributed by atoms with van der Waals surface area (Å²) in [6.45, 7) is 5.82. The summed E-state index contributed by atoms with van der Waals surface area (Å²) in [5.41, 5.74) is 0.663. The Morgan fingerprint density at radius 2 is 1.81 bits per heavy atom. The standard InChI is InChI=1S/C25H29Cl2N3O5S/c1-4-21(24(32)28-14-16(2)3)29(15-17-9-10-18(26)13-20(17)27)23(31)11-12-30-25(33)19-7-5-6-8-22(19)36(30,34)35/h5-10,13,16,21H,4,11-12,14-15H2,1-3H3,(H,28,32). The van der Waals surface area contributed by atoms with Gasteiger partial charge >= 0.3 is 0 Å². The van der Waals surface area contributed by atoms with Crippen LogP contribution in [0.3, 0.4) is 0 Å². The molecule has 11 heteroatoms. The predicted octanol–water partition coefficient (Wildman–Crippen LogP) is 4.11. The Kier molecular flexibility index (Phi) is 9.03. The number of benzene rings is 2. The minimum atomic E-state index is -4.05. The zero-order valence-electron chi connectivity index (χ0n) is 20.3. The largest absolute Gasteiger partial charge is 0.354 e. The summed E-state index contributed by atoms with van der Waals surface area (Å²) < 4.78 is 26.5. The molecule has 1 atom stereocenters. The number of carbonyl (C=O) groups is 3. The molecule has 1 aliphatic heterocycles. The van der Waals surface area contributed by atoms with Crippen molar-refractivity contribution < 1.29 is 22.8 Å². The van der Waals surface area contributed by atoms with Crippen LogP contribution in [0.4, 0.5) is 0 Å². The van der Waals surface area contributed by atoms with Gasteiger partial charge in [-0.1, -0.05) is 62.2 Å². The first-order chi connectivity index (χ1) is 17.0. The summed E-state index contributed by atoms with van der Waals surface area (Å²) in [6.07, 6.45) is 0.0331. The summed E-state index contributed by atoms with van der Waals surface area (Å²) in [7, 11) is -4.05. The molecule has 0 radical (unpaired) electrons. The van der Waals surface area contributed by atoms with Gasteiger partial charge in [-0.25, -0.2) is 12.7 Å². The first kappa shape index (κ1) is 28.0. The molecule has 1 heterocycles. The highest BCUT2D eigenvalue weighted by atomic mass is 35.5. The third kappa shape index (κ3) is 6.02. The minimum Gasteiger partial charge on any atom is -0.354 e. The molecule has 0 aliphatic carbocycles. The molecule has 0 aromatic heterocycles. The van der Waals surface area contributed by atoms with Crippen LogP contribution in [0.15, 0.2) is 47.4 Å². The summed E-state index contributed by atoms with van der Waals surface area (Å²) in [5, 5.41) is 3.63. The average Bonchev–Trinajstić information content (AvgIpc) is 3.02. The van der Waals surface area contributed by atoms with E-state index in [1.807, 2.05) is 13.8 Å². The molecule has 2 aromatic carbocycles. The van der Waals surface area contributed by atoms with E-state index in [9.17, 15) is 22.8 Å². The minimum absolute atomic E-state index is 0.0172. The zero-order chi connectivity index (χ0) is 26.6. The second-order valence-corrected chi connectivity index (χ2v) is 11.6. The SMILES string of the molecule is CCC(C(=O)NCC(C)C)N(Cc1ccc(Cl)cc1Cl)C(=O)CCN1C(=O)c2ccccc2S1(=O)=O. The molecule has 194 valence electrons. The van der Waals surface area contributed by atoms with Gasteiger partial charge in [0.05, 0.1) is 5.56 Å². The van der Waals surface area contributed by atoms with Crippen molar-refractivity contribution in [3.8, 4) is 0 Å². The Labute approximate surface area is 221 Å². The number of rotatable bonds is 10. The monoisotopic (exact) mass is 553 g/mol. The van der Waals surface area contributed by atoms with Gasteiger partial charge in [-0.15, -0.1) is 0 Å². The summed E-state index contributed by atoms with van der Waals surface area (Å²) in [6, 6.07) is 9.98. The highest BCUT2D eigenvalue weighted by Gasteiger charge is 2.41. The van der Waals surface area contributed by atoms with Crippen LogP contribution in [0.5, 0.6) is 0 Å². The van der Waals surface area contributed by atoms with E-state index in [0.717, 1.165) is 0 Å². The lowest BCUT2D eigenvalue weighted by Crippen LogP contribution is -2.50. The number of hydrogen-bond acceptors (Lipinski definition) is 5. The highest BCUT2D eigenvalue weighted by Crippen LogP contribution is 2.30. The van der Waals surface area contributed by atoms with E-state index in [2.05, 4.69) is 5.32 Å². The van der Waals surface area contributed by atoms with Crippen LogP contribution in [0.25, 0.3) is 0 Å². The number of fused-ring (bicyclic) bond motifs is 1. The molecule has 0 fully saturated rings. The van der Waals surface area contributed by atoms with Crippen molar-refractivity contribution in [2.75, 3.05) is 13.1 Å². The second kappa shape index (κ2) is 11.6. The molecule has 0 saturated carbocycles. The van der Waals surface area contributed by atoms with Gasteiger partial charge in [-0.05, 0) is 42.2 Å². The Hall–Kier alpha value is -2.62. The third-order valence-electron chi connectivity index (χ3n) is 5.87. The van der Waals surface area contributed by atoms with Crippen molar-refractivity contribution in [3.63, 3.8) is 0 Å². The van der Waals surface area contributed by atoms with E-state index >= 15 is 0 Å². The van der Waals surface area contributed by atoms with Crippen LogP contribution in [-0.4, -0.2) is 54.5 Å². The van der Waals surface area contributed by atoms with Crippen molar-refractivity contribution in [1.29, 1.82) is 0 Å². The molecule has 3 amide bonds. The molecule has 0 spiro atoms. The van der Waals surface area contributed by atoms with Gasteiger partial charge in [0.1, 0.15) is 10.9 Å². The number of sulfonamides is 1. The van der Waals surface area contributed by atoms with Crippen molar-refractivity contribution in [2.45, 2.75) is 51.1 Å².